The van der Waals surface area contributed by atoms with Gasteiger partial charge in [-0.1, -0.05) is 36.3 Å². The molecule has 0 radical (unpaired) electrons. The molecule has 1 rings (SSSR count). The van der Waals surface area contributed by atoms with Gasteiger partial charge in [-0.05, 0) is 0 Å². The van der Waals surface area contributed by atoms with Gasteiger partial charge in [0.1, 0.15) is 0 Å². The van der Waals surface area contributed by atoms with Crippen LogP contribution in [0.4, 0.5) is 0 Å². The topological polar surface area (TPSA) is 37.4 Å². The molecule has 3 heteroatoms. The first-order chi connectivity index (χ1) is 7.16. The number of amides is 1. The minimum Gasteiger partial charge on any atom is -0.328 e. The van der Waals surface area contributed by atoms with E-state index in [2.05, 4.69) is 5.92 Å². The Morgan fingerprint density at radius 1 is 1.33 bits per heavy atom. The maximum atomic E-state index is 11.6. The highest BCUT2D eigenvalue weighted by Gasteiger charge is 2.19. The number of likely N-dealkylation sites (N-methyl/N-ethyl adjacent to an activating group) is 1. The highest BCUT2D eigenvalue weighted by Crippen LogP contribution is 2.02. The van der Waals surface area contributed by atoms with Crippen molar-refractivity contribution in [3.8, 4) is 12.3 Å². The maximum absolute atomic E-state index is 11.6. The highest BCUT2D eigenvalue weighted by molar-refractivity contribution is 6.42. The van der Waals surface area contributed by atoms with Gasteiger partial charge in [0.2, 0.25) is 5.78 Å². The molecule has 0 aliphatic rings. The molecule has 0 aromatic heterocycles. The third kappa shape index (κ3) is 2.68. The lowest BCUT2D eigenvalue weighted by Crippen LogP contribution is -2.33. The Kier molecular flexibility index (Phi) is 3.64. The van der Waals surface area contributed by atoms with E-state index in [0.717, 1.165) is 0 Å². The van der Waals surface area contributed by atoms with Crippen LogP contribution < -0.4 is 0 Å². The average molecular weight is 201 g/mol. The Bertz CT molecular complexity index is 403. The summed E-state index contributed by atoms with van der Waals surface area (Å²) in [5, 5.41) is 0. The third-order valence-electron chi connectivity index (χ3n) is 1.91. The lowest BCUT2D eigenvalue weighted by Gasteiger charge is -2.12. The van der Waals surface area contributed by atoms with E-state index in [0.29, 0.717) is 5.56 Å². The summed E-state index contributed by atoms with van der Waals surface area (Å²) < 4.78 is 0. The zero-order valence-corrected chi connectivity index (χ0v) is 8.43. The molecular weight excluding hydrogens is 190 g/mol. The molecule has 76 valence electrons. The number of ketones is 1. The Labute approximate surface area is 88.7 Å². The Morgan fingerprint density at radius 3 is 2.47 bits per heavy atom. The van der Waals surface area contributed by atoms with E-state index in [1.54, 1.807) is 30.3 Å². The van der Waals surface area contributed by atoms with Crippen LogP contribution in [0.1, 0.15) is 10.4 Å². The maximum Gasteiger partial charge on any atom is 0.295 e. The standard InChI is InChI=1S/C12H11NO2/c1-3-9-13(2)12(15)11(14)10-7-5-4-6-8-10/h1,4-8H,9H2,2H3. The number of nitrogens with zero attached hydrogens (tertiary/aromatic N) is 1. The van der Waals surface area contributed by atoms with Crippen LogP contribution in [0.25, 0.3) is 0 Å². The minimum atomic E-state index is -0.584. The average Bonchev–Trinajstić information content (AvgIpc) is 2.28. The summed E-state index contributed by atoms with van der Waals surface area (Å²) in [6.07, 6.45) is 5.05. The minimum absolute atomic E-state index is 0.136. The Balaban J connectivity index is 2.79. The third-order valence-corrected chi connectivity index (χ3v) is 1.91. The van der Waals surface area contributed by atoms with Crippen molar-refractivity contribution in [2.45, 2.75) is 0 Å². The molecule has 0 spiro atoms. The van der Waals surface area contributed by atoms with Gasteiger partial charge in [0.25, 0.3) is 5.91 Å². The van der Waals surface area contributed by atoms with Gasteiger partial charge in [0.05, 0.1) is 6.54 Å². The number of Topliss-reactive ketones (excluding diaryl/α,β-unsaturated/α-hetero) is 1. The second-order valence-corrected chi connectivity index (χ2v) is 3.06. The van der Waals surface area contributed by atoms with E-state index < -0.39 is 11.7 Å². The molecule has 15 heavy (non-hydrogen) atoms. The summed E-state index contributed by atoms with van der Waals surface area (Å²) in [6.45, 7) is 0.136. The van der Waals surface area contributed by atoms with Gasteiger partial charge in [0, 0.05) is 12.6 Å². The molecule has 0 unspecified atom stereocenters. The van der Waals surface area contributed by atoms with Crippen molar-refractivity contribution in [1.29, 1.82) is 0 Å². The van der Waals surface area contributed by atoms with Gasteiger partial charge in [-0.25, -0.2) is 0 Å². The van der Waals surface area contributed by atoms with E-state index in [1.165, 1.54) is 11.9 Å². The Hall–Kier alpha value is -2.08. The van der Waals surface area contributed by atoms with E-state index >= 15 is 0 Å². The van der Waals surface area contributed by atoms with Crippen molar-refractivity contribution in [1.82, 2.24) is 4.90 Å². The monoisotopic (exact) mass is 201 g/mol. The van der Waals surface area contributed by atoms with E-state index in [1.807, 2.05) is 0 Å². The first kappa shape index (κ1) is 11.0. The predicted molar refractivity (Wildman–Crippen MR) is 57.2 cm³/mol. The van der Waals surface area contributed by atoms with Crippen LogP contribution in [0.5, 0.6) is 0 Å². The normalized spacial score (nSPS) is 9.07. The number of carbonyl (C=O) groups is 2. The quantitative estimate of drug-likeness (QED) is 0.415. The van der Waals surface area contributed by atoms with Crippen molar-refractivity contribution in [3.05, 3.63) is 35.9 Å². The molecule has 0 fully saturated rings. The Morgan fingerprint density at radius 2 is 1.93 bits per heavy atom. The molecule has 0 heterocycles. The molecule has 0 bridgehead atoms. The fraction of sp³-hybridized carbons (Fsp3) is 0.167. The van der Waals surface area contributed by atoms with Crippen LogP contribution >= 0.6 is 0 Å². The zero-order chi connectivity index (χ0) is 11.3. The van der Waals surface area contributed by atoms with Gasteiger partial charge in [0.15, 0.2) is 0 Å². The molecule has 1 aromatic carbocycles. The fourth-order valence-electron chi connectivity index (χ4n) is 1.10. The van der Waals surface area contributed by atoms with Crippen LogP contribution in [-0.2, 0) is 4.79 Å². The highest BCUT2D eigenvalue weighted by atomic mass is 16.2. The molecule has 1 aromatic rings. The largest absolute Gasteiger partial charge is 0.328 e. The molecule has 3 nitrogen and oxygen atoms in total. The van der Waals surface area contributed by atoms with Gasteiger partial charge >= 0.3 is 0 Å². The number of hydrogen-bond acceptors (Lipinski definition) is 2. The predicted octanol–water partition coefficient (Wildman–Crippen LogP) is 0.961. The first-order valence-electron chi connectivity index (χ1n) is 4.45. The van der Waals surface area contributed by atoms with Gasteiger partial charge < -0.3 is 4.90 Å². The molecule has 1 amide bonds. The molecule has 0 N–H and O–H groups in total. The van der Waals surface area contributed by atoms with Crippen molar-refractivity contribution >= 4 is 11.7 Å². The van der Waals surface area contributed by atoms with Gasteiger partial charge in [-0.15, -0.1) is 6.42 Å². The van der Waals surface area contributed by atoms with Crippen LogP contribution in [-0.4, -0.2) is 30.2 Å². The summed E-state index contributed by atoms with van der Waals surface area (Å²) >= 11 is 0. The van der Waals surface area contributed by atoms with E-state index in [9.17, 15) is 9.59 Å². The molecule has 0 saturated carbocycles. The smallest absolute Gasteiger partial charge is 0.295 e. The molecule has 0 saturated heterocycles. The fourth-order valence-corrected chi connectivity index (χ4v) is 1.10. The summed E-state index contributed by atoms with van der Waals surface area (Å²) in [4.78, 5) is 24.3. The van der Waals surface area contributed by atoms with Crippen molar-refractivity contribution in [2.75, 3.05) is 13.6 Å². The number of terminal acetylenes is 1. The summed E-state index contributed by atoms with van der Waals surface area (Å²) in [5.41, 5.74) is 0.381. The molecular formula is C12H11NO2. The lowest BCUT2D eigenvalue weighted by atomic mass is 10.1. The number of benzene rings is 1. The zero-order valence-electron chi connectivity index (χ0n) is 8.43. The summed E-state index contributed by atoms with van der Waals surface area (Å²) in [5.74, 6) is 1.19. The van der Waals surface area contributed by atoms with Crippen LogP contribution in [0, 0.1) is 12.3 Å². The van der Waals surface area contributed by atoms with Crippen LogP contribution in [0.3, 0.4) is 0 Å². The number of carbonyl (C=O) groups excluding carboxylic acids is 2. The second kappa shape index (κ2) is 4.97. The van der Waals surface area contributed by atoms with Gasteiger partial charge in [-0.3, -0.25) is 9.59 Å². The first-order valence-corrected chi connectivity index (χ1v) is 4.45. The summed E-state index contributed by atoms with van der Waals surface area (Å²) in [7, 11) is 1.50. The molecule has 0 aliphatic carbocycles. The lowest BCUT2D eigenvalue weighted by molar-refractivity contribution is -0.124. The molecule has 0 aliphatic heterocycles. The SMILES string of the molecule is C#CCN(C)C(=O)C(=O)c1ccccc1. The van der Waals surface area contributed by atoms with E-state index in [4.69, 9.17) is 6.42 Å². The van der Waals surface area contributed by atoms with Gasteiger partial charge in [-0.2, -0.15) is 0 Å². The molecule has 0 atom stereocenters. The van der Waals surface area contributed by atoms with E-state index in [-0.39, 0.29) is 6.54 Å². The van der Waals surface area contributed by atoms with Crippen molar-refractivity contribution in [2.24, 2.45) is 0 Å². The van der Waals surface area contributed by atoms with Crippen molar-refractivity contribution < 1.29 is 9.59 Å². The van der Waals surface area contributed by atoms with Crippen LogP contribution in [0.15, 0.2) is 30.3 Å². The van der Waals surface area contributed by atoms with Crippen LogP contribution in [0.2, 0.25) is 0 Å². The number of hydrogen-bond donors (Lipinski definition) is 0. The van der Waals surface area contributed by atoms with Crippen molar-refractivity contribution in [3.63, 3.8) is 0 Å². The summed E-state index contributed by atoms with van der Waals surface area (Å²) in [6, 6.07) is 8.41. The number of rotatable bonds is 3. The second-order valence-electron chi connectivity index (χ2n) is 3.06.